The average Bonchev–Trinajstić information content (AvgIpc) is 2.74. The molecule has 0 spiro atoms. The number of amides is 1. The van der Waals surface area contributed by atoms with Crippen LogP contribution < -0.4 is 5.32 Å². The summed E-state index contributed by atoms with van der Waals surface area (Å²) in [5, 5.41) is 2.70. The summed E-state index contributed by atoms with van der Waals surface area (Å²) >= 11 is 0. The molecule has 1 aliphatic rings. The Labute approximate surface area is 195 Å². The van der Waals surface area contributed by atoms with Crippen molar-refractivity contribution in [2.45, 2.75) is 42.8 Å². The van der Waals surface area contributed by atoms with Crippen LogP contribution in [0, 0.1) is 6.92 Å². The summed E-state index contributed by atoms with van der Waals surface area (Å²) < 4.78 is 59.2. The fraction of sp³-hybridized carbons (Fsp3) is 0.409. The molecule has 2 aromatic carbocycles. The molecule has 1 amide bonds. The van der Waals surface area contributed by atoms with Crippen molar-refractivity contribution in [3.63, 3.8) is 0 Å². The number of ether oxygens (including phenoxy) is 1. The third-order valence-electron chi connectivity index (χ3n) is 5.36. The van der Waals surface area contributed by atoms with E-state index >= 15 is 0 Å². The monoisotopic (exact) mass is 495 g/mol. The van der Waals surface area contributed by atoms with E-state index in [1.807, 2.05) is 13.8 Å². The number of anilines is 1. The number of morpholine rings is 1. The minimum absolute atomic E-state index is 0.0112. The molecule has 33 heavy (non-hydrogen) atoms. The minimum atomic E-state index is -3.81. The van der Waals surface area contributed by atoms with E-state index in [0.717, 1.165) is 4.31 Å². The van der Waals surface area contributed by atoms with Crippen LogP contribution in [-0.4, -0.2) is 70.7 Å². The summed E-state index contributed by atoms with van der Waals surface area (Å²) in [6.45, 7) is 5.83. The number of rotatable bonds is 6. The molecular weight excluding hydrogens is 466 g/mol. The second-order valence-electron chi connectivity index (χ2n) is 8.33. The highest BCUT2D eigenvalue weighted by atomic mass is 32.2. The van der Waals surface area contributed by atoms with Gasteiger partial charge in [-0.25, -0.2) is 21.1 Å². The fourth-order valence-corrected chi connectivity index (χ4v) is 6.14. The molecule has 3 rings (SSSR count). The Morgan fingerprint density at radius 1 is 1.00 bits per heavy atom. The molecule has 9 nitrogen and oxygen atoms in total. The number of benzene rings is 2. The Bertz CT molecular complexity index is 1250. The van der Waals surface area contributed by atoms with Gasteiger partial charge in [0.05, 0.1) is 22.0 Å². The van der Waals surface area contributed by atoms with Gasteiger partial charge in [-0.1, -0.05) is 12.1 Å². The molecule has 0 aliphatic carbocycles. The Kier molecular flexibility index (Phi) is 7.30. The maximum atomic E-state index is 13.2. The molecule has 180 valence electrons. The van der Waals surface area contributed by atoms with Crippen molar-refractivity contribution in [1.29, 1.82) is 0 Å². The number of carbonyl (C=O) groups is 1. The Hall–Kier alpha value is -2.31. The molecule has 1 saturated heterocycles. The maximum absolute atomic E-state index is 13.2. The molecule has 1 fully saturated rings. The molecule has 1 aliphatic heterocycles. The fourth-order valence-electron chi connectivity index (χ4n) is 3.58. The number of aryl methyl sites for hydroxylation is 1. The maximum Gasteiger partial charge on any atom is 0.255 e. The summed E-state index contributed by atoms with van der Waals surface area (Å²) in [6.07, 6.45) is -0.465. The van der Waals surface area contributed by atoms with Gasteiger partial charge in [-0.15, -0.1) is 0 Å². The molecular formula is C22H29N3O6S2. The van der Waals surface area contributed by atoms with Crippen LogP contribution in [0.3, 0.4) is 0 Å². The van der Waals surface area contributed by atoms with Gasteiger partial charge in [0.1, 0.15) is 0 Å². The lowest BCUT2D eigenvalue weighted by atomic mass is 10.1. The topological polar surface area (TPSA) is 113 Å². The van der Waals surface area contributed by atoms with E-state index in [2.05, 4.69) is 5.32 Å². The van der Waals surface area contributed by atoms with Crippen LogP contribution in [0.5, 0.6) is 0 Å². The number of hydrogen-bond acceptors (Lipinski definition) is 6. The van der Waals surface area contributed by atoms with Crippen LogP contribution in [-0.2, 0) is 24.8 Å². The third kappa shape index (κ3) is 5.44. The van der Waals surface area contributed by atoms with Crippen molar-refractivity contribution in [2.24, 2.45) is 0 Å². The summed E-state index contributed by atoms with van der Waals surface area (Å²) in [4.78, 5) is 13.0. The van der Waals surface area contributed by atoms with Gasteiger partial charge in [-0.3, -0.25) is 4.79 Å². The van der Waals surface area contributed by atoms with Crippen molar-refractivity contribution in [1.82, 2.24) is 8.61 Å². The number of nitrogens with zero attached hydrogens (tertiary/aromatic N) is 2. The molecule has 0 saturated carbocycles. The normalized spacial score (nSPS) is 20.1. The highest BCUT2D eigenvalue weighted by molar-refractivity contribution is 7.89. The van der Waals surface area contributed by atoms with Crippen molar-refractivity contribution >= 4 is 31.6 Å². The number of hydrogen-bond donors (Lipinski definition) is 1. The number of sulfonamides is 2. The molecule has 1 N–H and O–H groups in total. The van der Waals surface area contributed by atoms with E-state index in [4.69, 9.17) is 4.74 Å². The van der Waals surface area contributed by atoms with Crippen LogP contribution in [0.25, 0.3) is 0 Å². The lowest BCUT2D eigenvalue weighted by Crippen LogP contribution is -2.48. The molecule has 0 aromatic heterocycles. The number of carbonyl (C=O) groups excluding carboxylic acids is 1. The molecule has 0 unspecified atom stereocenters. The lowest BCUT2D eigenvalue weighted by molar-refractivity contribution is -0.0440. The van der Waals surface area contributed by atoms with Crippen molar-refractivity contribution in [3.8, 4) is 0 Å². The van der Waals surface area contributed by atoms with Crippen molar-refractivity contribution < 1.29 is 26.4 Å². The highest BCUT2D eigenvalue weighted by Crippen LogP contribution is 2.25. The first-order valence-corrected chi connectivity index (χ1v) is 13.3. The van der Waals surface area contributed by atoms with Gasteiger partial charge >= 0.3 is 0 Å². The van der Waals surface area contributed by atoms with Crippen LogP contribution in [0.15, 0.2) is 52.3 Å². The Morgan fingerprint density at radius 2 is 1.64 bits per heavy atom. The minimum Gasteiger partial charge on any atom is -0.373 e. The first-order valence-electron chi connectivity index (χ1n) is 10.4. The summed E-state index contributed by atoms with van der Waals surface area (Å²) in [6, 6.07) is 10.3. The molecule has 2 aromatic rings. The van der Waals surface area contributed by atoms with Gasteiger partial charge in [-0.2, -0.15) is 4.31 Å². The van der Waals surface area contributed by atoms with E-state index < -0.39 is 26.0 Å². The van der Waals surface area contributed by atoms with Gasteiger partial charge in [0.25, 0.3) is 5.91 Å². The van der Waals surface area contributed by atoms with Crippen molar-refractivity contribution in [3.05, 3.63) is 53.6 Å². The zero-order valence-corrected chi connectivity index (χ0v) is 20.9. The molecule has 2 atom stereocenters. The quantitative estimate of drug-likeness (QED) is 0.658. The van der Waals surface area contributed by atoms with E-state index in [9.17, 15) is 21.6 Å². The van der Waals surface area contributed by atoms with Gasteiger partial charge in [0.2, 0.25) is 20.0 Å². The zero-order valence-electron chi connectivity index (χ0n) is 19.3. The lowest BCUT2D eigenvalue weighted by Gasteiger charge is -2.34. The molecule has 1 heterocycles. The summed E-state index contributed by atoms with van der Waals surface area (Å²) in [7, 11) is -4.64. The van der Waals surface area contributed by atoms with Gasteiger partial charge < -0.3 is 10.1 Å². The van der Waals surface area contributed by atoms with Crippen molar-refractivity contribution in [2.75, 3.05) is 32.5 Å². The Balaban J connectivity index is 1.88. The van der Waals surface area contributed by atoms with E-state index in [1.54, 1.807) is 13.0 Å². The second kappa shape index (κ2) is 9.51. The molecule has 0 bridgehead atoms. The summed E-state index contributed by atoms with van der Waals surface area (Å²) in [5.41, 5.74) is 1.14. The predicted octanol–water partition coefficient (Wildman–Crippen LogP) is 2.30. The molecule has 0 radical (unpaired) electrons. The zero-order chi connectivity index (χ0) is 24.6. The summed E-state index contributed by atoms with van der Waals surface area (Å²) in [5.74, 6) is -0.543. The van der Waals surface area contributed by atoms with Gasteiger partial charge in [0, 0.05) is 38.4 Å². The van der Waals surface area contributed by atoms with Crippen LogP contribution >= 0.6 is 0 Å². The predicted molar refractivity (Wildman–Crippen MR) is 125 cm³/mol. The first-order chi connectivity index (χ1) is 15.3. The molecule has 11 heteroatoms. The van der Waals surface area contributed by atoms with E-state index in [0.29, 0.717) is 11.3 Å². The van der Waals surface area contributed by atoms with Crippen LogP contribution in [0.2, 0.25) is 0 Å². The largest absolute Gasteiger partial charge is 0.373 e. The van der Waals surface area contributed by atoms with Crippen LogP contribution in [0.1, 0.15) is 29.8 Å². The smallest absolute Gasteiger partial charge is 0.255 e. The van der Waals surface area contributed by atoms with Crippen LogP contribution in [0.4, 0.5) is 5.69 Å². The average molecular weight is 496 g/mol. The van der Waals surface area contributed by atoms with E-state index in [-0.39, 0.29) is 40.7 Å². The standard InChI is InChI=1S/C22H29N3O6S2/c1-15-9-10-20(32(27,28)24(4)5)12-21(15)23-22(26)18-7-6-8-19(11-18)33(29,30)25-13-16(2)31-17(3)14-25/h6-12,16-17H,13-14H2,1-5H3,(H,23,26)/t16-,17-/m1/s1. The highest BCUT2D eigenvalue weighted by Gasteiger charge is 2.32. The first kappa shape index (κ1) is 25.3. The van der Waals surface area contributed by atoms with E-state index in [1.165, 1.54) is 54.8 Å². The Morgan fingerprint density at radius 3 is 2.24 bits per heavy atom. The van der Waals surface area contributed by atoms with Gasteiger partial charge in [-0.05, 0) is 56.7 Å². The number of nitrogens with one attached hydrogen (secondary N) is 1. The SMILES string of the molecule is Cc1ccc(S(=O)(=O)N(C)C)cc1NC(=O)c1cccc(S(=O)(=O)N2C[C@@H](C)O[C@H](C)C2)c1. The second-order valence-corrected chi connectivity index (χ2v) is 12.4. The van der Waals surface area contributed by atoms with Gasteiger partial charge in [0.15, 0.2) is 0 Å². The third-order valence-corrected chi connectivity index (χ3v) is 8.99.